The number of rotatable bonds is 4. The minimum absolute atomic E-state index is 0.167. The predicted molar refractivity (Wildman–Crippen MR) is 78.8 cm³/mol. The highest BCUT2D eigenvalue weighted by Crippen LogP contribution is 2.30. The second-order valence-corrected chi connectivity index (χ2v) is 5.20. The number of aromatic nitrogens is 1. The zero-order valence-corrected chi connectivity index (χ0v) is 12.4. The van der Waals surface area contributed by atoms with Crippen molar-refractivity contribution in [1.29, 1.82) is 0 Å². The number of hydrogen-bond donors (Lipinski definition) is 2. The van der Waals surface area contributed by atoms with Gasteiger partial charge in [0.2, 0.25) is 0 Å². The van der Waals surface area contributed by atoms with Gasteiger partial charge in [0, 0.05) is 22.4 Å². The number of nitrogens with two attached hydrogens (primary N) is 1. The van der Waals surface area contributed by atoms with E-state index in [0.29, 0.717) is 0 Å². The van der Waals surface area contributed by atoms with Gasteiger partial charge in [-0.2, -0.15) is 0 Å². The molecule has 1 heterocycles. The lowest BCUT2D eigenvalue weighted by Gasteiger charge is -2.20. The summed E-state index contributed by atoms with van der Waals surface area (Å²) >= 11 is 3.42. The number of ether oxygens (including phenoxy) is 1. The third kappa shape index (κ3) is 3.12. The Morgan fingerprint density at radius 1 is 1.32 bits per heavy atom. The number of hydrazine groups is 1. The van der Waals surface area contributed by atoms with E-state index in [0.717, 1.165) is 26.9 Å². The van der Waals surface area contributed by atoms with Crippen LogP contribution >= 0.6 is 15.9 Å². The maximum atomic E-state index is 5.71. The van der Waals surface area contributed by atoms with Crippen molar-refractivity contribution in [2.75, 3.05) is 7.11 Å². The van der Waals surface area contributed by atoms with E-state index in [2.05, 4.69) is 32.4 Å². The molecule has 0 aliphatic heterocycles. The number of aryl methyl sites for hydroxylation is 1. The van der Waals surface area contributed by atoms with Crippen molar-refractivity contribution >= 4 is 15.9 Å². The van der Waals surface area contributed by atoms with Crippen molar-refractivity contribution in [2.45, 2.75) is 13.0 Å². The number of halogens is 1. The van der Waals surface area contributed by atoms with Gasteiger partial charge in [0.05, 0.1) is 13.2 Å². The first-order valence-electron chi connectivity index (χ1n) is 5.87. The van der Waals surface area contributed by atoms with Gasteiger partial charge in [-0.05, 0) is 40.5 Å². The zero-order valence-electron chi connectivity index (χ0n) is 10.9. The first-order chi connectivity index (χ1) is 9.15. The van der Waals surface area contributed by atoms with Crippen molar-refractivity contribution < 1.29 is 4.74 Å². The van der Waals surface area contributed by atoms with Crippen LogP contribution in [-0.2, 0) is 0 Å². The van der Waals surface area contributed by atoms with Crippen LogP contribution in [0, 0.1) is 6.92 Å². The number of hydrogen-bond acceptors (Lipinski definition) is 4. The second-order valence-electron chi connectivity index (χ2n) is 4.28. The van der Waals surface area contributed by atoms with Gasteiger partial charge in [0.25, 0.3) is 0 Å². The molecule has 2 rings (SSSR count). The summed E-state index contributed by atoms with van der Waals surface area (Å²) in [6.07, 6.45) is 3.53. The minimum Gasteiger partial charge on any atom is -0.496 e. The molecule has 0 saturated heterocycles. The quantitative estimate of drug-likeness (QED) is 0.671. The highest BCUT2D eigenvalue weighted by atomic mass is 79.9. The summed E-state index contributed by atoms with van der Waals surface area (Å²) in [5.74, 6) is 6.51. The van der Waals surface area contributed by atoms with Gasteiger partial charge in [-0.1, -0.05) is 17.7 Å². The van der Waals surface area contributed by atoms with E-state index < -0.39 is 0 Å². The molecule has 3 N–H and O–H groups in total. The molecule has 0 fully saturated rings. The molecule has 1 atom stereocenters. The fourth-order valence-corrected chi connectivity index (χ4v) is 2.41. The van der Waals surface area contributed by atoms with E-state index in [1.807, 2.05) is 25.1 Å². The van der Waals surface area contributed by atoms with Crippen LogP contribution in [0.5, 0.6) is 5.75 Å². The predicted octanol–water partition coefficient (Wildman–Crippen LogP) is 2.71. The van der Waals surface area contributed by atoms with Crippen molar-refractivity contribution in [3.8, 4) is 5.75 Å². The van der Waals surface area contributed by atoms with Crippen LogP contribution in [0.25, 0.3) is 0 Å². The Hall–Kier alpha value is -1.43. The normalized spacial score (nSPS) is 12.2. The summed E-state index contributed by atoms with van der Waals surface area (Å²) in [5.41, 5.74) is 5.94. The largest absolute Gasteiger partial charge is 0.496 e. The van der Waals surface area contributed by atoms with Crippen LogP contribution < -0.4 is 16.0 Å². The molecule has 100 valence electrons. The van der Waals surface area contributed by atoms with Crippen LogP contribution in [0.4, 0.5) is 0 Å². The lowest BCUT2D eigenvalue weighted by Crippen LogP contribution is -2.29. The van der Waals surface area contributed by atoms with Crippen LogP contribution in [-0.4, -0.2) is 12.1 Å². The summed E-state index contributed by atoms with van der Waals surface area (Å²) in [5, 5.41) is 0. The Bertz CT molecular complexity index is 574. The molecule has 4 nitrogen and oxygen atoms in total. The van der Waals surface area contributed by atoms with Crippen molar-refractivity contribution in [1.82, 2.24) is 10.4 Å². The molecule has 0 aliphatic carbocycles. The molecule has 1 aromatic carbocycles. The Labute approximate surface area is 121 Å². The van der Waals surface area contributed by atoms with Gasteiger partial charge >= 0.3 is 0 Å². The van der Waals surface area contributed by atoms with E-state index in [-0.39, 0.29) is 6.04 Å². The van der Waals surface area contributed by atoms with Gasteiger partial charge in [-0.3, -0.25) is 10.8 Å². The summed E-state index contributed by atoms with van der Waals surface area (Å²) in [7, 11) is 1.65. The summed E-state index contributed by atoms with van der Waals surface area (Å²) < 4.78 is 6.32. The molecule has 0 bridgehead atoms. The zero-order chi connectivity index (χ0) is 13.8. The van der Waals surface area contributed by atoms with Crippen LogP contribution in [0.1, 0.15) is 22.7 Å². The number of methoxy groups -OCH3 is 1. The SMILES string of the molecule is COc1ccc(C)cc1C(NN)c1cncc(Br)c1. The highest BCUT2D eigenvalue weighted by Gasteiger charge is 2.17. The van der Waals surface area contributed by atoms with E-state index in [1.165, 1.54) is 0 Å². The molecule has 0 aliphatic rings. The molecular formula is C14H16BrN3O. The number of nitrogens with one attached hydrogen (secondary N) is 1. The maximum absolute atomic E-state index is 5.71. The Balaban J connectivity index is 2.50. The fourth-order valence-electron chi connectivity index (χ4n) is 2.03. The highest BCUT2D eigenvalue weighted by molar-refractivity contribution is 9.10. The van der Waals surface area contributed by atoms with Gasteiger partial charge in [0.15, 0.2) is 0 Å². The number of benzene rings is 1. The first-order valence-corrected chi connectivity index (χ1v) is 6.66. The van der Waals surface area contributed by atoms with Crippen molar-refractivity contribution in [3.63, 3.8) is 0 Å². The molecular weight excluding hydrogens is 306 g/mol. The van der Waals surface area contributed by atoms with E-state index >= 15 is 0 Å². The van der Waals surface area contributed by atoms with E-state index in [4.69, 9.17) is 10.6 Å². The monoisotopic (exact) mass is 321 g/mol. The van der Waals surface area contributed by atoms with Gasteiger partial charge in [-0.25, -0.2) is 5.43 Å². The average Bonchev–Trinajstić information content (AvgIpc) is 2.40. The van der Waals surface area contributed by atoms with Crippen LogP contribution in [0.15, 0.2) is 41.1 Å². The van der Waals surface area contributed by atoms with Crippen molar-refractivity contribution in [2.24, 2.45) is 5.84 Å². The molecule has 0 amide bonds. The molecule has 2 aromatic rings. The minimum atomic E-state index is -0.167. The summed E-state index contributed by atoms with van der Waals surface area (Å²) in [6, 6.07) is 7.83. The lowest BCUT2D eigenvalue weighted by molar-refractivity contribution is 0.404. The third-order valence-corrected chi connectivity index (χ3v) is 3.36. The van der Waals surface area contributed by atoms with Crippen molar-refractivity contribution in [3.05, 3.63) is 57.8 Å². The Morgan fingerprint density at radius 3 is 2.74 bits per heavy atom. The number of nitrogens with zero attached hydrogens (tertiary/aromatic N) is 1. The third-order valence-electron chi connectivity index (χ3n) is 2.92. The standard InChI is InChI=1S/C14H16BrN3O/c1-9-3-4-13(19-2)12(5-9)14(18-16)10-6-11(15)8-17-7-10/h3-8,14,18H,16H2,1-2H3. The van der Waals surface area contributed by atoms with Gasteiger partial charge in [-0.15, -0.1) is 0 Å². The molecule has 19 heavy (non-hydrogen) atoms. The van der Waals surface area contributed by atoms with Gasteiger partial charge < -0.3 is 4.74 Å². The Morgan fingerprint density at radius 2 is 2.11 bits per heavy atom. The molecule has 0 radical (unpaired) electrons. The molecule has 0 saturated carbocycles. The molecule has 1 aromatic heterocycles. The van der Waals surface area contributed by atoms with E-state index in [9.17, 15) is 0 Å². The van der Waals surface area contributed by atoms with Gasteiger partial charge in [0.1, 0.15) is 5.75 Å². The smallest absolute Gasteiger partial charge is 0.124 e. The maximum Gasteiger partial charge on any atom is 0.124 e. The lowest BCUT2D eigenvalue weighted by atomic mass is 9.98. The molecule has 0 spiro atoms. The Kier molecular flexibility index (Phi) is 4.52. The molecule has 5 heteroatoms. The topological polar surface area (TPSA) is 60.2 Å². The van der Waals surface area contributed by atoms with Crippen LogP contribution in [0.3, 0.4) is 0 Å². The summed E-state index contributed by atoms with van der Waals surface area (Å²) in [4.78, 5) is 4.17. The molecule has 1 unspecified atom stereocenters. The first kappa shape index (κ1) is 14.0. The fraction of sp³-hybridized carbons (Fsp3) is 0.214. The average molecular weight is 322 g/mol. The summed E-state index contributed by atoms with van der Waals surface area (Å²) in [6.45, 7) is 2.04. The second kappa shape index (κ2) is 6.14. The van der Waals surface area contributed by atoms with Crippen LogP contribution in [0.2, 0.25) is 0 Å². The van der Waals surface area contributed by atoms with E-state index in [1.54, 1.807) is 19.5 Å². The number of pyridine rings is 1.